The Morgan fingerprint density at radius 1 is 0.646 bits per heavy atom. The van der Waals surface area contributed by atoms with Crippen LogP contribution in [0.3, 0.4) is 0 Å². The smallest absolute Gasteiger partial charge is 0.432 e. The highest BCUT2D eigenvalue weighted by Crippen LogP contribution is 2.41. The minimum Gasteiger partial charge on any atom is -0.488 e. The van der Waals surface area contributed by atoms with Crippen molar-refractivity contribution < 1.29 is 44.6 Å². The summed E-state index contributed by atoms with van der Waals surface area (Å²) in [5.41, 5.74) is -1.35. The molecule has 4 aromatic rings. The standard InChI is InChI=1S/C38H36F8O2/c1-3-5-6-7-22-8-10-23(11-9-22)24-12-14-28(30(39)16-24)25-13-15-29(31(40)17-25)26-18-32(41)36(33(42)19-26)38(45,46)48-27-20-34(43)37(47-4-2)35(44)21-27/h12-23H,3-11H2,1-2H3. The lowest BCUT2D eigenvalue weighted by atomic mass is 9.77. The minimum absolute atomic E-state index is 0.111. The minimum atomic E-state index is -4.71. The van der Waals surface area contributed by atoms with E-state index < -0.39 is 63.6 Å². The molecule has 0 unspecified atom stereocenters. The van der Waals surface area contributed by atoms with Gasteiger partial charge in [0.15, 0.2) is 17.4 Å². The molecule has 0 bridgehead atoms. The molecule has 1 saturated carbocycles. The van der Waals surface area contributed by atoms with Crippen molar-refractivity contribution in [3.8, 4) is 33.8 Å². The van der Waals surface area contributed by atoms with E-state index >= 15 is 8.78 Å². The summed E-state index contributed by atoms with van der Waals surface area (Å²) in [6.45, 7) is 3.53. The summed E-state index contributed by atoms with van der Waals surface area (Å²) in [5, 5.41) is 0. The van der Waals surface area contributed by atoms with Gasteiger partial charge in [-0.3, -0.25) is 0 Å². The largest absolute Gasteiger partial charge is 0.488 e. The van der Waals surface area contributed by atoms with Gasteiger partial charge in [0.2, 0.25) is 0 Å². The van der Waals surface area contributed by atoms with Crippen molar-refractivity contribution in [2.24, 2.45) is 5.92 Å². The van der Waals surface area contributed by atoms with Gasteiger partial charge in [-0.05, 0) is 85.4 Å². The fourth-order valence-corrected chi connectivity index (χ4v) is 6.49. The maximum atomic E-state index is 15.3. The van der Waals surface area contributed by atoms with Crippen molar-refractivity contribution in [1.82, 2.24) is 0 Å². The number of ether oxygens (including phenoxy) is 2. The third-order valence-corrected chi connectivity index (χ3v) is 8.96. The van der Waals surface area contributed by atoms with Crippen molar-refractivity contribution in [2.75, 3.05) is 6.61 Å². The summed E-state index contributed by atoms with van der Waals surface area (Å²) < 4.78 is 128. The molecule has 1 aliphatic carbocycles. The van der Waals surface area contributed by atoms with Crippen LogP contribution in [0.2, 0.25) is 0 Å². The number of halogens is 8. The second kappa shape index (κ2) is 15.0. The molecular formula is C38H36F8O2. The summed E-state index contributed by atoms with van der Waals surface area (Å²) in [6, 6.07) is 10.2. The van der Waals surface area contributed by atoms with E-state index in [1.165, 1.54) is 50.8 Å². The van der Waals surface area contributed by atoms with Gasteiger partial charge < -0.3 is 9.47 Å². The molecule has 0 aliphatic heterocycles. The third kappa shape index (κ3) is 7.79. The SMILES string of the molecule is CCCCCC1CCC(c2ccc(-c3ccc(-c4cc(F)c(C(F)(F)Oc5cc(F)c(OCC)c(F)c5)c(F)c4)c(F)c3)c(F)c2)CC1. The normalized spacial score (nSPS) is 16.6. The van der Waals surface area contributed by atoms with E-state index in [0.717, 1.165) is 37.3 Å². The highest BCUT2D eigenvalue weighted by Gasteiger charge is 2.41. The van der Waals surface area contributed by atoms with Crippen molar-refractivity contribution in [3.05, 3.63) is 107 Å². The van der Waals surface area contributed by atoms with Crippen LogP contribution in [0, 0.1) is 40.8 Å². The average molecular weight is 677 g/mol. The quantitative estimate of drug-likeness (QED) is 0.110. The fourth-order valence-electron chi connectivity index (χ4n) is 6.49. The molecule has 2 nitrogen and oxygen atoms in total. The number of unbranched alkanes of at least 4 members (excludes halogenated alkanes) is 2. The molecule has 0 spiro atoms. The molecular weight excluding hydrogens is 640 g/mol. The van der Waals surface area contributed by atoms with Crippen LogP contribution in [0.1, 0.15) is 82.3 Å². The van der Waals surface area contributed by atoms with Crippen LogP contribution in [-0.2, 0) is 6.11 Å². The number of hydrogen-bond donors (Lipinski definition) is 0. The second-order valence-corrected chi connectivity index (χ2v) is 12.2. The molecule has 0 aromatic heterocycles. The predicted molar refractivity (Wildman–Crippen MR) is 168 cm³/mol. The van der Waals surface area contributed by atoms with Crippen LogP contribution in [0.25, 0.3) is 22.3 Å². The second-order valence-electron chi connectivity index (χ2n) is 12.2. The molecule has 0 N–H and O–H groups in total. The lowest BCUT2D eigenvalue weighted by Gasteiger charge is -2.29. The van der Waals surface area contributed by atoms with Crippen LogP contribution in [0.4, 0.5) is 35.1 Å². The van der Waals surface area contributed by atoms with E-state index in [4.69, 9.17) is 4.74 Å². The monoisotopic (exact) mass is 676 g/mol. The summed E-state index contributed by atoms with van der Waals surface area (Å²) in [6.07, 6.45) is 4.39. The first-order valence-corrected chi connectivity index (χ1v) is 16.2. The molecule has 256 valence electrons. The number of benzene rings is 4. The Hall–Kier alpha value is -4.08. The highest BCUT2D eigenvalue weighted by atomic mass is 19.3. The lowest BCUT2D eigenvalue weighted by Crippen LogP contribution is -2.25. The maximum Gasteiger partial charge on any atom is 0.432 e. The maximum absolute atomic E-state index is 15.3. The van der Waals surface area contributed by atoms with E-state index in [-0.39, 0.29) is 29.2 Å². The van der Waals surface area contributed by atoms with E-state index in [0.29, 0.717) is 30.2 Å². The van der Waals surface area contributed by atoms with Gasteiger partial charge >= 0.3 is 6.11 Å². The molecule has 0 radical (unpaired) electrons. The average Bonchev–Trinajstić information content (AvgIpc) is 3.02. The molecule has 1 fully saturated rings. The van der Waals surface area contributed by atoms with Crippen LogP contribution in [0.5, 0.6) is 11.5 Å². The molecule has 0 amide bonds. The molecule has 10 heteroatoms. The fraction of sp³-hybridized carbons (Fsp3) is 0.368. The number of alkyl halides is 2. The van der Waals surface area contributed by atoms with Gasteiger partial charge in [0, 0.05) is 23.3 Å². The first-order chi connectivity index (χ1) is 22.9. The van der Waals surface area contributed by atoms with Gasteiger partial charge in [-0.1, -0.05) is 56.9 Å². The predicted octanol–water partition coefficient (Wildman–Crippen LogP) is 12.2. The molecule has 0 atom stereocenters. The van der Waals surface area contributed by atoms with Crippen LogP contribution >= 0.6 is 0 Å². The van der Waals surface area contributed by atoms with Crippen LogP contribution < -0.4 is 9.47 Å². The van der Waals surface area contributed by atoms with Crippen LogP contribution in [-0.4, -0.2) is 6.61 Å². The molecule has 0 heterocycles. The zero-order chi connectivity index (χ0) is 34.6. The van der Waals surface area contributed by atoms with Gasteiger partial charge in [-0.15, -0.1) is 0 Å². The zero-order valence-electron chi connectivity index (χ0n) is 26.6. The summed E-state index contributed by atoms with van der Waals surface area (Å²) in [5.74, 6) is -8.70. The van der Waals surface area contributed by atoms with Crippen LogP contribution in [0.15, 0.2) is 60.7 Å². The first kappa shape index (κ1) is 35.2. The Morgan fingerprint density at radius 2 is 1.23 bits per heavy atom. The van der Waals surface area contributed by atoms with E-state index in [1.807, 2.05) is 6.07 Å². The third-order valence-electron chi connectivity index (χ3n) is 8.96. The molecule has 1 aliphatic rings. The van der Waals surface area contributed by atoms with E-state index in [9.17, 15) is 26.3 Å². The molecule has 5 rings (SSSR count). The van der Waals surface area contributed by atoms with Gasteiger partial charge in [-0.2, -0.15) is 8.78 Å². The zero-order valence-corrected chi connectivity index (χ0v) is 26.6. The summed E-state index contributed by atoms with van der Waals surface area (Å²) in [7, 11) is 0. The Bertz CT molecular complexity index is 1700. The van der Waals surface area contributed by atoms with Crippen molar-refractivity contribution in [2.45, 2.75) is 77.2 Å². The van der Waals surface area contributed by atoms with E-state index in [1.54, 1.807) is 6.07 Å². The summed E-state index contributed by atoms with van der Waals surface area (Å²) >= 11 is 0. The van der Waals surface area contributed by atoms with Gasteiger partial charge in [0.1, 0.15) is 34.6 Å². The Morgan fingerprint density at radius 3 is 1.81 bits per heavy atom. The Kier molecular flexibility index (Phi) is 11.0. The summed E-state index contributed by atoms with van der Waals surface area (Å²) in [4.78, 5) is 0. The van der Waals surface area contributed by atoms with Gasteiger partial charge in [0.25, 0.3) is 0 Å². The Labute approximate surface area is 274 Å². The lowest BCUT2D eigenvalue weighted by molar-refractivity contribution is -0.189. The van der Waals surface area contributed by atoms with Crippen molar-refractivity contribution >= 4 is 0 Å². The van der Waals surface area contributed by atoms with Gasteiger partial charge in [0.05, 0.1) is 6.61 Å². The van der Waals surface area contributed by atoms with Crippen molar-refractivity contribution in [1.29, 1.82) is 0 Å². The van der Waals surface area contributed by atoms with E-state index in [2.05, 4.69) is 11.7 Å². The molecule has 48 heavy (non-hydrogen) atoms. The topological polar surface area (TPSA) is 18.5 Å². The van der Waals surface area contributed by atoms with Crippen molar-refractivity contribution in [3.63, 3.8) is 0 Å². The molecule has 4 aromatic carbocycles. The highest BCUT2D eigenvalue weighted by molar-refractivity contribution is 5.72. The van der Waals surface area contributed by atoms with Gasteiger partial charge in [-0.25, -0.2) is 26.3 Å². The molecule has 0 saturated heterocycles. The first-order valence-electron chi connectivity index (χ1n) is 16.2. The number of rotatable bonds is 12. The number of hydrogen-bond acceptors (Lipinski definition) is 2. The Balaban J connectivity index is 1.32.